The van der Waals surface area contributed by atoms with Crippen molar-refractivity contribution in [1.82, 2.24) is 10.2 Å². The van der Waals surface area contributed by atoms with E-state index in [9.17, 15) is 4.79 Å². The molecule has 0 aliphatic heterocycles. The third-order valence-electron chi connectivity index (χ3n) is 4.61. The lowest BCUT2D eigenvalue weighted by molar-refractivity contribution is 0.174. The van der Waals surface area contributed by atoms with Crippen molar-refractivity contribution in [3.63, 3.8) is 0 Å². The zero-order valence-corrected chi connectivity index (χ0v) is 13.6. The van der Waals surface area contributed by atoms with E-state index >= 15 is 0 Å². The van der Waals surface area contributed by atoms with Crippen molar-refractivity contribution in [3.8, 4) is 0 Å². The SMILES string of the molecule is Cc1ccc(CCNC(=O)N(C)C2CCCCC2)c(C)c1. The molecule has 1 N–H and O–H groups in total. The number of amides is 2. The molecule has 0 radical (unpaired) electrons. The molecule has 1 aromatic rings. The van der Waals surface area contributed by atoms with Crippen LogP contribution in [0.2, 0.25) is 0 Å². The van der Waals surface area contributed by atoms with Gasteiger partial charge in [-0.2, -0.15) is 0 Å². The molecule has 0 aromatic heterocycles. The average Bonchev–Trinajstić information content (AvgIpc) is 2.49. The Kier molecular flexibility index (Phi) is 5.66. The molecular formula is C18H28N2O. The summed E-state index contributed by atoms with van der Waals surface area (Å²) < 4.78 is 0. The van der Waals surface area contributed by atoms with Gasteiger partial charge < -0.3 is 10.2 Å². The van der Waals surface area contributed by atoms with Crippen molar-refractivity contribution >= 4 is 6.03 Å². The highest BCUT2D eigenvalue weighted by Gasteiger charge is 2.21. The molecule has 1 aliphatic carbocycles. The number of nitrogens with one attached hydrogen (secondary N) is 1. The Bertz CT molecular complexity index is 478. The Morgan fingerprint density at radius 2 is 1.95 bits per heavy atom. The van der Waals surface area contributed by atoms with E-state index in [1.54, 1.807) is 0 Å². The highest BCUT2D eigenvalue weighted by Crippen LogP contribution is 2.21. The van der Waals surface area contributed by atoms with Gasteiger partial charge in [-0.15, -0.1) is 0 Å². The number of carbonyl (C=O) groups is 1. The molecule has 1 aliphatic rings. The molecule has 0 atom stereocenters. The maximum absolute atomic E-state index is 12.2. The Balaban J connectivity index is 1.78. The topological polar surface area (TPSA) is 32.3 Å². The van der Waals surface area contributed by atoms with Crippen LogP contribution in [0.5, 0.6) is 0 Å². The van der Waals surface area contributed by atoms with Crippen molar-refractivity contribution in [1.29, 1.82) is 0 Å². The molecule has 0 unspecified atom stereocenters. The molecule has 2 rings (SSSR count). The zero-order chi connectivity index (χ0) is 15.2. The second-order valence-electron chi connectivity index (χ2n) is 6.31. The Hall–Kier alpha value is -1.51. The van der Waals surface area contributed by atoms with Gasteiger partial charge in [-0.25, -0.2) is 4.79 Å². The normalized spacial score (nSPS) is 15.8. The van der Waals surface area contributed by atoms with Gasteiger partial charge in [-0.1, -0.05) is 43.0 Å². The van der Waals surface area contributed by atoms with Crippen molar-refractivity contribution < 1.29 is 4.79 Å². The lowest BCUT2D eigenvalue weighted by Crippen LogP contribution is -2.44. The first-order chi connectivity index (χ1) is 10.1. The highest BCUT2D eigenvalue weighted by molar-refractivity contribution is 5.74. The fourth-order valence-electron chi connectivity index (χ4n) is 3.19. The van der Waals surface area contributed by atoms with E-state index in [0.717, 1.165) is 19.3 Å². The number of hydrogen-bond donors (Lipinski definition) is 1. The smallest absolute Gasteiger partial charge is 0.317 e. The minimum atomic E-state index is 0.0756. The van der Waals surface area contributed by atoms with Gasteiger partial charge in [0, 0.05) is 19.6 Å². The Morgan fingerprint density at radius 1 is 1.24 bits per heavy atom. The summed E-state index contributed by atoms with van der Waals surface area (Å²) in [5.41, 5.74) is 3.92. The summed E-state index contributed by atoms with van der Waals surface area (Å²) in [7, 11) is 1.93. The van der Waals surface area contributed by atoms with E-state index in [2.05, 4.69) is 37.4 Å². The van der Waals surface area contributed by atoms with Gasteiger partial charge in [-0.3, -0.25) is 0 Å². The van der Waals surface area contributed by atoms with Gasteiger partial charge in [0.15, 0.2) is 0 Å². The molecule has 1 aromatic carbocycles. The zero-order valence-electron chi connectivity index (χ0n) is 13.6. The van der Waals surface area contributed by atoms with Crippen molar-refractivity contribution in [3.05, 3.63) is 34.9 Å². The van der Waals surface area contributed by atoms with Crippen molar-refractivity contribution in [2.75, 3.05) is 13.6 Å². The molecule has 0 bridgehead atoms. The molecule has 0 spiro atoms. The van der Waals surface area contributed by atoms with Crippen LogP contribution in [0.1, 0.15) is 48.8 Å². The van der Waals surface area contributed by atoms with Gasteiger partial charge >= 0.3 is 6.03 Å². The summed E-state index contributed by atoms with van der Waals surface area (Å²) in [5, 5.41) is 3.06. The van der Waals surface area contributed by atoms with E-state index in [1.807, 2.05) is 11.9 Å². The van der Waals surface area contributed by atoms with Crippen LogP contribution in [0, 0.1) is 13.8 Å². The number of rotatable bonds is 4. The third-order valence-corrected chi connectivity index (χ3v) is 4.61. The van der Waals surface area contributed by atoms with Crippen LogP contribution >= 0.6 is 0 Å². The summed E-state index contributed by atoms with van der Waals surface area (Å²) in [4.78, 5) is 14.1. The van der Waals surface area contributed by atoms with E-state index in [0.29, 0.717) is 12.6 Å². The van der Waals surface area contributed by atoms with Crippen LogP contribution in [0.4, 0.5) is 4.79 Å². The Labute approximate surface area is 128 Å². The van der Waals surface area contributed by atoms with E-state index in [4.69, 9.17) is 0 Å². The third kappa shape index (κ3) is 4.48. The first kappa shape index (κ1) is 15.9. The fourth-order valence-corrected chi connectivity index (χ4v) is 3.19. The fraction of sp³-hybridized carbons (Fsp3) is 0.611. The quantitative estimate of drug-likeness (QED) is 0.897. The van der Waals surface area contributed by atoms with E-state index in [-0.39, 0.29) is 6.03 Å². The number of urea groups is 1. The monoisotopic (exact) mass is 288 g/mol. The molecular weight excluding hydrogens is 260 g/mol. The predicted octanol–water partition coefficient (Wildman–Crippen LogP) is 3.82. The van der Waals surface area contributed by atoms with Crippen LogP contribution in [-0.4, -0.2) is 30.6 Å². The summed E-state index contributed by atoms with van der Waals surface area (Å²) in [6.45, 7) is 4.95. The van der Waals surface area contributed by atoms with Crippen LogP contribution in [0.25, 0.3) is 0 Å². The average molecular weight is 288 g/mol. The van der Waals surface area contributed by atoms with Crippen molar-refractivity contribution in [2.24, 2.45) is 0 Å². The molecule has 1 fully saturated rings. The van der Waals surface area contributed by atoms with Gasteiger partial charge in [-0.05, 0) is 44.2 Å². The van der Waals surface area contributed by atoms with Gasteiger partial charge in [0.2, 0.25) is 0 Å². The standard InChI is InChI=1S/C18H28N2O/c1-14-9-10-16(15(2)13-14)11-12-19-18(21)20(3)17-7-5-4-6-8-17/h9-10,13,17H,4-8,11-12H2,1-3H3,(H,19,21). The molecule has 0 saturated heterocycles. The molecule has 1 saturated carbocycles. The second kappa shape index (κ2) is 7.48. The van der Waals surface area contributed by atoms with Gasteiger partial charge in [0.25, 0.3) is 0 Å². The predicted molar refractivity (Wildman–Crippen MR) is 87.7 cm³/mol. The summed E-state index contributed by atoms with van der Waals surface area (Å²) in [5.74, 6) is 0. The molecule has 21 heavy (non-hydrogen) atoms. The van der Waals surface area contributed by atoms with Crippen LogP contribution in [0.15, 0.2) is 18.2 Å². The number of hydrogen-bond acceptors (Lipinski definition) is 1. The molecule has 3 nitrogen and oxygen atoms in total. The van der Waals surface area contributed by atoms with Gasteiger partial charge in [0.1, 0.15) is 0 Å². The van der Waals surface area contributed by atoms with Crippen LogP contribution < -0.4 is 5.32 Å². The van der Waals surface area contributed by atoms with Gasteiger partial charge in [0.05, 0.1) is 0 Å². The Morgan fingerprint density at radius 3 is 2.62 bits per heavy atom. The number of aryl methyl sites for hydroxylation is 2. The maximum Gasteiger partial charge on any atom is 0.317 e. The number of benzene rings is 1. The minimum absolute atomic E-state index is 0.0756. The lowest BCUT2D eigenvalue weighted by atomic mass is 9.95. The van der Waals surface area contributed by atoms with Crippen LogP contribution in [-0.2, 0) is 6.42 Å². The molecule has 116 valence electrons. The van der Waals surface area contributed by atoms with E-state index < -0.39 is 0 Å². The maximum atomic E-state index is 12.2. The lowest BCUT2D eigenvalue weighted by Gasteiger charge is -2.31. The summed E-state index contributed by atoms with van der Waals surface area (Å²) >= 11 is 0. The minimum Gasteiger partial charge on any atom is -0.338 e. The van der Waals surface area contributed by atoms with Crippen molar-refractivity contribution in [2.45, 2.75) is 58.4 Å². The number of carbonyl (C=O) groups excluding carboxylic acids is 1. The largest absolute Gasteiger partial charge is 0.338 e. The number of nitrogens with zero attached hydrogens (tertiary/aromatic N) is 1. The molecule has 0 heterocycles. The van der Waals surface area contributed by atoms with E-state index in [1.165, 1.54) is 36.0 Å². The first-order valence-electron chi connectivity index (χ1n) is 8.14. The summed E-state index contributed by atoms with van der Waals surface area (Å²) in [6.07, 6.45) is 7.03. The first-order valence-corrected chi connectivity index (χ1v) is 8.14. The summed E-state index contributed by atoms with van der Waals surface area (Å²) in [6, 6.07) is 7.01. The molecule has 2 amide bonds. The molecule has 3 heteroatoms. The highest BCUT2D eigenvalue weighted by atomic mass is 16.2. The second-order valence-corrected chi connectivity index (χ2v) is 6.31. The van der Waals surface area contributed by atoms with Crippen LogP contribution in [0.3, 0.4) is 0 Å².